The molecule has 1 unspecified atom stereocenters. The number of hydrogen-bond donors (Lipinski definition) is 1. The first-order valence-electron chi connectivity index (χ1n) is 9.90. The molecular weight excluding hydrogens is 399 g/mol. The van der Waals surface area contributed by atoms with Gasteiger partial charge in [0.15, 0.2) is 0 Å². The highest BCUT2D eigenvalue weighted by atomic mass is 19.1. The van der Waals surface area contributed by atoms with Gasteiger partial charge in [0, 0.05) is 12.6 Å². The summed E-state index contributed by atoms with van der Waals surface area (Å²) in [7, 11) is 3.71. The van der Waals surface area contributed by atoms with Gasteiger partial charge in [-0.15, -0.1) is 0 Å². The predicted molar refractivity (Wildman–Crippen MR) is 116 cm³/mol. The van der Waals surface area contributed by atoms with Crippen LogP contribution in [0.15, 0.2) is 71.5 Å². The number of aromatic nitrogens is 2. The second-order valence-electron chi connectivity index (χ2n) is 7.19. The third kappa shape index (κ3) is 6.23. The lowest BCUT2D eigenvalue weighted by molar-refractivity contribution is 0.0934. The zero-order valence-electron chi connectivity index (χ0n) is 17.5. The Labute approximate surface area is 180 Å². The highest BCUT2D eigenvalue weighted by molar-refractivity contribution is 5.92. The van der Waals surface area contributed by atoms with Crippen molar-refractivity contribution in [2.45, 2.75) is 12.6 Å². The highest BCUT2D eigenvalue weighted by Crippen LogP contribution is 2.18. The van der Waals surface area contributed by atoms with Crippen molar-refractivity contribution < 1.29 is 13.9 Å². The number of carbonyl (C=O) groups excluding carboxylic acids is 1. The van der Waals surface area contributed by atoms with Crippen LogP contribution in [0.25, 0.3) is 0 Å². The Hall–Kier alpha value is -3.52. The van der Waals surface area contributed by atoms with Crippen LogP contribution < -0.4 is 15.6 Å². The fourth-order valence-corrected chi connectivity index (χ4v) is 3.09. The minimum atomic E-state index is -0.416. The Morgan fingerprint density at radius 1 is 1.13 bits per heavy atom. The van der Waals surface area contributed by atoms with Crippen LogP contribution in [0, 0.1) is 5.82 Å². The van der Waals surface area contributed by atoms with Gasteiger partial charge in [-0.1, -0.05) is 30.3 Å². The quantitative estimate of drug-likeness (QED) is 0.571. The number of benzene rings is 2. The van der Waals surface area contributed by atoms with Gasteiger partial charge in [0.25, 0.3) is 11.5 Å². The van der Waals surface area contributed by atoms with Gasteiger partial charge in [0.05, 0.1) is 12.6 Å². The van der Waals surface area contributed by atoms with Crippen LogP contribution in [0.2, 0.25) is 0 Å². The van der Waals surface area contributed by atoms with E-state index in [1.807, 2.05) is 55.4 Å². The summed E-state index contributed by atoms with van der Waals surface area (Å²) in [6, 6.07) is 18.0. The Balaban J connectivity index is 1.63. The molecule has 0 radical (unpaired) electrons. The SMILES string of the molecule is CN(C)C(CNC(=O)c1ccc(=O)n(CCOc2ccccc2)n1)c1cccc(F)c1. The number of hydrogen-bond acceptors (Lipinski definition) is 5. The van der Waals surface area contributed by atoms with E-state index >= 15 is 0 Å². The number of nitrogens with one attached hydrogen (secondary N) is 1. The Bertz CT molecular complexity index is 1070. The van der Waals surface area contributed by atoms with Gasteiger partial charge in [-0.3, -0.25) is 9.59 Å². The molecule has 162 valence electrons. The van der Waals surface area contributed by atoms with Crippen molar-refractivity contribution in [3.8, 4) is 5.75 Å². The lowest BCUT2D eigenvalue weighted by atomic mass is 10.1. The van der Waals surface area contributed by atoms with Gasteiger partial charge in [-0.25, -0.2) is 9.07 Å². The van der Waals surface area contributed by atoms with E-state index in [0.29, 0.717) is 5.75 Å². The zero-order chi connectivity index (χ0) is 22.2. The van der Waals surface area contributed by atoms with Crippen molar-refractivity contribution in [3.05, 3.63) is 94.2 Å². The molecular formula is C23H25FN4O3. The molecule has 1 heterocycles. The standard InChI is InChI=1S/C23H25FN4O3/c1-27(2)21(17-7-6-8-18(24)15-17)16-25-23(30)20-11-12-22(29)28(26-20)13-14-31-19-9-4-3-5-10-19/h3-12,15,21H,13-14,16H2,1-2H3,(H,25,30). The maximum Gasteiger partial charge on any atom is 0.271 e. The molecule has 7 nitrogen and oxygen atoms in total. The minimum absolute atomic E-state index is 0.121. The maximum absolute atomic E-state index is 13.6. The first-order chi connectivity index (χ1) is 14.9. The molecule has 0 saturated carbocycles. The molecule has 0 aliphatic rings. The van der Waals surface area contributed by atoms with Crippen LogP contribution in [0.4, 0.5) is 4.39 Å². The van der Waals surface area contributed by atoms with Gasteiger partial charge >= 0.3 is 0 Å². The molecule has 2 aromatic carbocycles. The molecule has 1 aromatic heterocycles. The molecule has 8 heteroatoms. The second-order valence-corrected chi connectivity index (χ2v) is 7.19. The average molecular weight is 424 g/mol. The van der Waals surface area contributed by atoms with Crippen LogP contribution in [-0.2, 0) is 6.54 Å². The van der Waals surface area contributed by atoms with E-state index in [0.717, 1.165) is 5.56 Å². The summed E-state index contributed by atoms with van der Waals surface area (Å²) in [5.41, 5.74) is 0.552. The molecule has 31 heavy (non-hydrogen) atoms. The Morgan fingerprint density at radius 3 is 2.61 bits per heavy atom. The van der Waals surface area contributed by atoms with Gasteiger partial charge < -0.3 is 15.0 Å². The van der Waals surface area contributed by atoms with E-state index in [1.54, 1.807) is 6.07 Å². The summed E-state index contributed by atoms with van der Waals surface area (Å²) in [6.45, 7) is 0.704. The molecule has 0 aliphatic carbocycles. The van der Waals surface area contributed by atoms with E-state index in [1.165, 1.54) is 28.9 Å². The number of amides is 1. The molecule has 3 aromatic rings. The largest absolute Gasteiger partial charge is 0.492 e. The number of carbonyl (C=O) groups is 1. The van der Waals surface area contributed by atoms with E-state index in [-0.39, 0.29) is 42.8 Å². The number of rotatable bonds is 9. The van der Waals surface area contributed by atoms with Crippen molar-refractivity contribution in [1.29, 1.82) is 0 Å². The summed E-state index contributed by atoms with van der Waals surface area (Å²) < 4.78 is 20.4. The first kappa shape index (κ1) is 22.2. The summed E-state index contributed by atoms with van der Waals surface area (Å²) in [5, 5.41) is 6.97. The first-order valence-corrected chi connectivity index (χ1v) is 9.90. The van der Waals surface area contributed by atoms with Crippen LogP contribution in [0.1, 0.15) is 22.1 Å². The van der Waals surface area contributed by atoms with Crippen LogP contribution in [0.5, 0.6) is 5.75 Å². The third-order valence-corrected chi connectivity index (χ3v) is 4.73. The van der Waals surface area contributed by atoms with Crippen LogP contribution in [0.3, 0.4) is 0 Å². The lowest BCUT2D eigenvalue weighted by Gasteiger charge is -2.25. The van der Waals surface area contributed by atoms with Gasteiger partial charge in [-0.05, 0) is 50.0 Å². The molecule has 1 N–H and O–H groups in total. The molecule has 0 saturated heterocycles. The summed E-state index contributed by atoms with van der Waals surface area (Å²) in [5.74, 6) is -0.0559. The number of para-hydroxylation sites is 1. The van der Waals surface area contributed by atoms with Crippen LogP contribution in [-0.4, -0.2) is 47.8 Å². The van der Waals surface area contributed by atoms with Crippen LogP contribution >= 0.6 is 0 Å². The molecule has 1 amide bonds. The van der Waals surface area contributed by atoms with E-state index in [2.05, 4.69) is 10.4 Å². The van der Waals surface area contributed by atoms with Gasteiger partial charge in [-0.2, -0.15) is 5.10 Å². The monoisotopic (exact) mass is 424 g/mol. The molecule has 1 atom stereocenters. The highest BCUT2D eigenvalue weighted by Gasteiger charge is 2.17. The summed E-state index contributed by atoms with van der Waals surface area (Å²) in [6.07, 6.45) is 0. The Kier molecular flexibility index (Phi) is 7.50. The second kappa shape index (κ2) is 10.5. The number of nitrogens with zero attached hydrogens (tertiary/aromatic N) is 3. The minimum Gasteiger partial charge on any atom is -0.492 e. The molecule has 0 spiro atoms. The van der Waals surface area contributed by atoms with Gasteiger partial charge in [0.2, 0.25) is 0 Å². The fourth-order valence-electron chi connectivity index (χ4n) is 3.09. The van der Waals surface area contributed by atoms with E-state index in [4.69, 9.17) is 4.74 Å². The maximum atomic E-state index is 13.6. The fraction of sp³-hybridized carbons (Fsp3) is 0.261. The third-order valence-electron chi connectivity index (χ3n) is 4.73. The van der Waals surface area contributed by atoms with Crippen molar-refractivity contribution in [2.75, 3.05) is 27.2 Å². The van der Waals surface area contributed by atoms with E-state index < -0.39 is 5.91 Å². The van der Waals surface area contributed by atoms with Crippen molar-refractivity contribution in [1.82, 2.24) is 20.0 Å². The number of ether oxygens (including phenoxy) is 1. The summed E-state index contributed by atoms with van der Waals surface area (Å²) in [4.78, 5) is 26.6. The molecule has 3 rings (SSSR count). The number of likely N-dealkylation sites (N-methyl/N-ethyl adjacent to an activating group) is 1. The van der Waals surface area contributed by atoms with Crippen molar-refractivity contribution in [2.24, 2.45) is 0 Å². The zero-order valence-corrected chi connectivity index (χ0v) is 17.5. The molecule has 0 fully saturated rings. The van der Waals surface area contributed by atoms with Crippen molar-refractivity contribution >= 4 is 5.91 Å². The summed E-state index contributed by atoms with van der Waals surface area (Å²) >= 11 is 0. The average Bonchev–Trinajstić information content (AvgIpc) is 2.75. The van der Waals surface area contributed by atoms with Gasteiger partial charge in [0.1, 0.15) is 23.9 Å². The Morgan fingerprint density at radius 2 is 1.90 bits per heavy atom. The van der Waals surface area contributed by atoms with Crippen molar-refractivity contribution in [3.63, 3.8) is 0 Å². The lowest BCUT2D eigenvalue weighted by Crippen LogP contribution is -2.36. The molecule has 0 aliphatic heterocycles. The van der Waals surface area contributed by atoms with E-state index in [9.17, 15) is 14.0 Å². The molecule has 0 bridgehead atoms. The smallest absolute Gasteiger partial charge is 0.271 e. The predicted octanol–water partition coefficient (Wildman–Crippen LogP) is 2.49. The topological polar surface area (TPSA) is 76.5 Å². The number of halogens is 1. The normalized spacial score (nSPS) is 11.9.